The lowest BCUT2D eigenvalue weighted by Gasteiger charge is -2.44. The van der Waals surface area contributed by atoms with Crippen molar-refractivity contribution in [1.29, 1.82) is 0 Å². The molecule has 3 atom stereocenters. The SMILES string of the molecule is CC1(C)c2ccccc2-c2c(-c3ccccc3N(c3ccc4c(c3)-c3ccccc3C4(C)Cc3ccc4c(c3)oc3cccc(-c5ccccc5N(c5ccccc5-c5cccc6c5-c5ccccc5C6(C)C)C5C=CC=C6c7ccccc7C(C)(C)C65)c34)c3ccccc3-c3cccc4oc5ccccc5c34)cccc21. The second kappa shape index (κ2) is 24.5. The molecule has 0 fully saturated rings. The predicted molar refractivity (Wildman–Crippen MR) is 467 cm³/mol. The van der Waals surface area contributed by atoms with Gasteiger partial charge in [-0.15, -0.1) is 0 Å². The zero-order valence-corrected chi connectivity index (χ0v) is 64.0. The van der Waals surface area contributed by atoms with E-state index in [1.165, 1.54) is 111 Å². The smallest absolute Gasteiger partial charge is 0.136 e. The van der Waals surface area contributed by atoms with Gasteiger partial charge in [0.05, 0.1) is 17.4 Å². The van der Waals surface area contributed by atoms with E-state index in [1.54, 1.807) is 0 Å². The van der Waals surface area contributed by atoms with Crippen LogP contribution in [0.25, 0.3) is 127 Å². The number of hydrogen-bond acceptors (Lipinski definition) is 4. The van der Waals surface area contributed by atoms with Crippen LogP contribution >= 0.6 is 0 Å². The summed E-state index contributed by atoms with van der Waals surface area (Å²) in [5.74, 6) is 0.133. The van der Waals surface area contributed by atoms with E-state index in [2.05, 4.69) is 404 Å². The van der Waals surface area contributed by atoms with Crippen molar-refractivity contribution in [3.8, 4) is 77.9 Å². The third-order valence-electron chi connectivity index (χ3n) is 26.5. The lowest BCUT2D eigenvalue weighted by atomic mass is 9.71. The molecule has 5 aliphatic rings. The molecule has 0 saturated heterocycles. The van der Waals surface area contributed by atoms with Crippen molar-refractivity contribution in [2.24, 2.45) is 5.92 Å². The molecule has 5 aliphatic carbocycles. The molecule has 4 nitrogen and oxygen atoms in total. The second-order valence-electron chi connectivity index (χ2n) is 33.5. The van der Waals surface area contributed by atoms with Crippen LogP contribution in [-0.4, -0.2) is 6.04 Å². The Kier molecular flexibility index (Phi) is 14.4. The Morgan fingerprint density at radius 2 is 0.723 bits per heavy atom. The van der Waals surface area contributed by atoms with Crippen molar-refractivity contribution in [3.63, 3.8) is 0 Å². The molecule has 17 aromatic rings. The van der Waals surface area contributed by atoms with Gasteiger partial charge in [-0.25, -0.2) is 0 Å². The molecule has 0 radical (unpaired) electrons. The number of rotatable bonds is 12. The molecule has 15 aromatic carbocycles. The van der Waals surface area contributed by atoms with Gasteiger partial charge in [0.25, 0.3) is 0 Å². The van der Waals surface area contributed by atoms with Gasteiger partial charge in [0.1, 0.15) is 22.3 Å². The zero-order valence-electron chi connectivity index (χ0n) is 64.0. The second-order valence-corrected chi connectivity index (χ2v) is 33.5. The lowest BCUT2D eigenvalue weighted by Crippen LogP contribution is -2.44. The molecule has 2 aromatic heterocycles. The summed E-state index contributed by atoms with van der Waals surface area (Å²) in [6, 6.07) is 123. The average Bonchev–Trinajstić information content (AvgIpc) is 1.54. The van der Waals surface area contributed by atoms with Crippen molar-refractivity contribution in [2.45, 2.75) is 82.6 Å². The highest BCUT2D eigenvalue weighted by Gasteiger charge is 2.50. The molecule has 0 saturated carbocycles. The van der Waals surface area contributed by atoms with Gasteiger partial charge < -0.3 is 18.6 Å². The highest BCUT2D eigenvalue weighted by atomic mass is 16.3. The van der Waals surface area contributed by atoms with Crippen LogP contribution in [0.5, 0.6) is 0 Å². The van der Waals surface area contributed by atoms with E-state index in [0.29, 0.717) is 0 Å². The molecule has 0 aliphatic heterocycles. The van der Waals surface area contributed by atoms with Crippen molar-refractivity contribution >= 4 is 77.9 Å². The van der Waals surface area contributed by atoms with E-state index in [0.717, 1.165) is 101 Å². The maximum absolute atomic E-state index is 7.24. The van der Waals surface area contributed by atoms with E-state index in [9.17, 15) is 0 Å². The number of anilines is 5. The zero-order chi connectivity index (χ0) is 75.1. The summed E-state index contributed by atoms with van der Waals surface area (Å²) in [6.07, 6.45) is 7.95. The Morgan fingerprint density at radius 1 is 0.304 bits per heavy atom. The lowest BCUT2D eigenvalue weighted by molar-refractivity contribution is 0.379. The van der Waals surface area contributed by atoms with Crippen LogP contribution in [0.2, 0.25) is 0 Å². The van der Waals surface area contributed by atoms with E-state index in [-0.39, 0.29) is 28.2 Å². The molecular weight excluding hydrogens is 1360 g/mol. The highest BCUT2D eigenvalue weighted by Crippen LogP contribution is 2.61. The van der Waals surface area contributed by atoms with Crippen LogP contribution < -0.4 is 9.80 Å². The number of fused-ring (bicyclic) bond motifs is 18. The maximum atomic E-state index is 7.24. The van der Waals surface area contributed by atoms with Gasteiger partial charge in [0, 0.05) is 83.0 Å². The van der Waals surface area contributed by atoms with Crippen LogP contribution in [0.4, 0.5) is 28.4 Å². The fourth-order valence-electron chi connectivity index (χ4n) is 21.4. The summed E-state index contributed by atoms with van der Waals surface area (Å²) < 4.78 is 13.9. The fourth-order valence-corrected chi connectivity index (χ4v) is 21.4. The van der Waals surface area contributed by atoms with Crippen molar-refractivity contribution in [2.75, 3.05) is 9.80 Å². The van der Waals surface area contributed by atoms with Crippen LogP contribution in [0.1, 0.15) is 98.5 Å². The molecule has 0 amide bonds. The average molecular weight is 1440 g/mol. The van der Waals surface area contributed by atoms with Crippen LogP contribution in [-0.2, 0) is 28.1 Å². The van der Waals surface area contributed by atoms with Gasteiger partial charge in [0.2, 0.25) is 0 Å². The van der Waals surface area contributed by atoms with E-state index in [4.69, 9.17) is 8.83 Å². The summed E-state index contributed by atoms with van der Waals surface area (Å²) in [5, 5.41) is 4.41. The van der Waals surface area contributed by atoms with Gasteiger partial charge >= 0.3 is 0 Å². The third-order valence-corrected chi connectivity index (χ3v) is 26.5. The molecule has 2 heterocycles. The summed E-state index contributed by atoms with van der Waals surface area (Å²) in [5.41, 5.74) is 38.6. The Hall–Kier alpha value is -13.0. The van der Waals surface area contributed by atoms with Crippen molar-refractivity contribution < 1.29 is 8.83 Å². The summed E-state index contributed by atoms with van der Waals surface area (Å²) in [4.78, 5) is 5.26. The van der Waals surface area contributed by atoms with E-state index < -0.39 is 5.41 Å². The molecule has 0 N–H and O–H groups in total. The minimum Gasteiger partial charge on any atom is -0.456 e. The standard InChI is InChI=1S/C108H82N2O2/c1-105(2)85-46-18-10-37-79(85)100-74(40-26-49-89(100)105)70-33-12-21-51-91(70)109(92-52-22-13-35-72(92)76-42-29-57-97-102(76)81-39-16-25-56-96(81)111-97)67-60-62-88-83(64-67)69-32-9-20-48-87(69)108(88,7)65-66-59-61-82-99(63-66)112-98-58-30-43-77(103(82)98)73-36-15-24-54-94(73)110(95-55-28-44-78-68-31-8-17-45-84(68)107(5,6)104(78)95)93-53-23-14-34-71(93)75-41-27-50-90-101(75)80-38-11-19-47-86(80)106(90,3)4/h8-64,95,104H,65H2,1-7H3. The number of nitrogens with zero attached hydrogens (tertiary/aromatic N) is 2. The van der Waals surface area contributed by atoms with Gasteiger partial charge in [-0.3, -0.25) is 0 Å². The highest BCUT2D eigenvalue weighted by molar-refractivity contribution is 6.16. The Labute approximate surface area is 654 Å². The normalized spacial score (nSPS) is 17.4. The molecule has 0 spiro atoms. The molecule has 4 heteroatoms. The number of hydrogen-bond donors (Lipinski definition) is 0. The van der Waals surface area contributed by atoms with Gasteiger partial charge in [-0.1, -0.05) is 334 Å². The van der Waals surface area contributed by atoms with Crippen molar-refractivity contribution in [1.82, 2.24) is 0 Å². The third kappa shape index (κ3) is 9.48. The molecule has 3 unspecified atom stereocenters. The fraction of sp³-hybridized carbons (Fsp3) is 0.130. The molecular formula is C108H82N2O2. The van der Waals surface area contributed by atoms with Crippen LogP contribution in [0.3, 0.4) is 0 Å². The van der Waals surface area contributed by atoms with Crippen molar-refractivity contribution in [3.05, 3.63) is 396 Å². The van der Waals surface area contributed by atoms with Crippen LogP contribution in [0.15, 0.2) is 355 Å². The van der Waals surface area contributed by atoms with E-state index in [1.807, 2.05) is 0 Å². The molecule has 112 heavy (non-hydrogen) atoms. The largest absolute Gasteiger partial charge is 0.456 e. The first-order valence-electron chi connectivity index (χ1n) is 39.7. The summed E-state index contributed by atoms with van der Waals surface area (Å²) >= 11 is 0. The minimum atomic E-state index is -0.408. The topological polar surface area (TPSA) is 32.8 Å². The Morgan fingerprint density at radius 3 is 1.33 bits per heavy atom. The van der Waals surface area contributed by atoms with Gasteiger partial charge in [-0.05, 0) is 184 Å². The quantitative estimate of drug-likeness (QED) is 0.122. The molecule has 0 bridgehead atoms. The summed E-state index contributed by atoms with van der Waals surface area (Å²) in [7, 11) is 0. The minimum absolute atomic E-state index is 0.0676. The monoisotopic (exact) mass is 1440 g/mol. The Bertz CT molecular complexity index is 6900. The number of furan rings is 2. The molecule has 22 rings (SSSR count). The van der Waals surface area contributed by atoms with Gasteiger partial charge in [-0.2, -0.15) is 0 Å². The first-order chi connectivity index (χ1) is 54.7. The van der Waals surface area contributed by atoms with Crippen LogP contribution in [0, 0.1) is 5.92 Å². The predicted octanol–water partition coefficient (Wildman–Crippen LogP) is 28.8. The first kappa shape index (κ1) is 66.0. The Balaban J connectivity index is 0.676. The van der Waals surface area contributed by atoms with E-state index >= 15 is 0 Å². The van der Waals surface area contributed by atoms with Gasteiger partial charge in [0.15, 0.2) is 0 Å². The summed E-state index contributed by atoms with van der Waals surface area (Å²) in [6.45, 7) is 16.9. The first-order valence-corrected chi connectivity index (χ1v) is 39.7. The number of allylic oxidation sites excluding steroid dienone is 2. The number of para-hydroxylation sites is 5. The molecule has 536 valence electrons. The maximum Gasteiger partial charge on any atom is 0.136 e. The number of benzene rings is 15.